The second kappa shape index (κ2) is 7.27. The van der Waals surface area contributed by atoms with E-state index >= 15 is 0 Å². The van der Waals surface area contributed by atoms with E-state index in [2.05, 4.69) is 0 Å². The summed E-state index contributed by atoms with van der Waals surface area (Å²) in [5.41, 5.74) is 1.77. The van der Waals surface area contributed by atoms with Gasteiger partial charge >= 0.3 is 5.97 Å². The quantitative estimate of drug-likeness (QED) is 0.708. The van der Waals surface area contributed by atoms with E-state index in [9.17, 15) is 9.59 Å². The SMILES string of the molecule is COc1ccc(-c2nc(C3=C(OC(C)=O)CC(C)(C)CC3=O)c(C)s2)cc1. The topological polar surface area (TPSA) is 65.5 Å². The molecule has 0 saturated heterocycles. The Balaban J connectivity index is 2.07. The predicted octanol–water partition coefficient (Wildman–Crippen LogP) is 4.79. The predicted molar refractivity (Wildman–Crippen MR) is 106 cm³/mol. The summed E-state index contributed by atoms with van der Waals surface area (Å²) in [4.78, 5) is 30.1. The second-order valence-electron chi connectivity index (χ2n) is 7.49. The van der Waals surface area contributed by atoms with E-state index in [0.717, 1.165) is 21.2 Å². The summed E-state index contributed by atoms with van der Waals surface area (Å²) in [5, 5.41) is 0.817. The van der Waals surface area contributed by atoms with Gasteiger partial charge in [-0.2, -0.15) is 0 Å². The fourth-order valence-electron chi connectivity index (χ4n) is 3.27. The van der Waals surface area contributed by atoms with E-state index in [4.69, 9.17) is 14.5 Å². The Kier molecular flexibility index (Phi) is 5.20. The number of ether oxygens (including phenoxy) is 2. The summed E-state index contributed by atoms with van der Waals surface area (Å²) >= 11 is 1.52. The zero-order valence-electron chi connectivity index (χ0n) is 16.2. The van der Waals surface area contributed by atoms with Crippen molar-refractivity contribution in [2.45, 2.75) is 40.5 Å². The highest BCUT2D eigenvalue weighted by Gasteiger charge is 2.37. The molecule has 0 aliphatic heterocycles. The lowest BCUT2D eigenvalue weighted by Gasteiger charge is -2.30. The molecule has 6 heteroatoms. The fraction of sp³-hybridized carbons (Fsp3) is 0.381. The molecule has 0 unspecified atom stereocenters. The molecule has 1 aliphatic carbocycles. The molecule has 0 atom stereocenters. The van der Waals surface area contributed by atoms with Crippen LogP contribution in [0.1, 0.15) is 44.2 Å². The van der Waals surface area contributed by atoms with E-state index in [1.54, 1.807) is 7.11 Å². The Hall–Kier alpha value is -2.47. The van der Waals surface area contributed by atoms with Gasteiger partial charge in [-0.25, -0.2) is 4.98 Å². The zero-order valence-corrected chi connectivity index (χ0v) is 17.0. The minimum atomic E-state index is -0.420. The van der Waals surface area contributed by atoms with Gasteiger partial charge in [-0.15, -0.1) is 11.3 Å². The van der Waals surface area contributed by atoms with Crippen molar-refractivity contribution in [3.05, 3.63) is 40.6 Å². The Labute approximate surface area is 163 Å². The van der Waals surface area contributed by atoms with Crippen molar-refractivity contribution in [1.82, 2.24) is 4.98 Å². The Morgan fingerprint density at radius 2 is 1.85 bits per heavy atom. The average molecular weight is 385 g/mol. The molecule has 0 bridgehead atoms. The summed E-state index contributed by atoms with van der Waals surface area (Å²) in [6.07, 6.45) is 0.935. The minimum absolute atomic E-state index is 0.0304. The number of thiazole rings is 1. The molecular formula is C21H23NO4S. The Morgan fingerprint density at radius 3 is 2.44 bits per heavy atom. The molecular weight excluding hydrogens is 362 g/mol. The summed E-state index contributed by atoms with van der Waals surface area (Å²) in [6, 6.07) is 7.63. The number of Topliss-reactive ketones (excluding diaryl/α,β-unsaturated/α-hetero) is 1. The van der Waals surface area contributed by atoms with Gasteiger partial charge < -0.3 is 9.47 Å². The summed E-state index contributed by atoms with van der Waals surface area (Å²) in [5.74, 6) is 0.753. The molecule has 0 amide bonds. The lowest BCUT2D eigenvalue weighted by Crippen LogP contribution is -2.27. The van der Waals surface area contributed by atoms with Crippen molar-refractivity contribution < 1.29 is 19.1 Å². The van der Waals surface area contributed by atoms with Crippen LogP contribution in [0.3, 0.4) is 0 Å². The van der Waals surface area contributed by atoms with Crippen LogP contribution in [-0.4, -0.2) is 23.8 Å². The largest absolute Gasteiger partial charge is 0.497 e. The van der Waals surface area contributed by atoms with E-state index in [1.165, 1.54) is 18.3 Å². The van der Waals surface area contributed by atoms with Gasteiger partial charge in [0.25, 0.3) is 0 Å². The molecule has 0 spiro atoms. The van der Waals surface area contributed by atoms with Crippen LogP contribution in [0.25, 0.3) is 16.1 Å². The molecule has 0 radical (unpaired) electrons. The number of ketones is 1. The highest BCUT2D eigenvalue weighted by molar-refractivity contribution is 7.15. The van der Waals surface area contributed by atoms with Crippen molar-refractivity contribution in [3.8, 4) is 16.3 Å². The lowest BCUT2D eigenvalue weighted by molar-refractivity contribution is -0.137. The number of allylic oxidation sites excluding steroid dienone is 2. The normalized spacial score (nSPS) is 16.4. The first-order chi connectivity index (χ1) is 12.7. The molecule has 5 nitrogen and oxygen atoms in total. The van der Waals surface area contributed by atoms with Crippen molar-refractivity contribution in [3.63, 3.8) is 0 Å². The van der Waals surface area contributed by atoms with Crippen LogP contribution >= 0.6 is 11.3 Å². The highest BCUT2D eigenvalue weighted by atomic mass is 32.1. The maximum atomic E-state index is 12.9. The van der Waals surface area contributed by atoms with Crippen molar-refractivity contribution in [2.24, 2.45) is 5.41 Å². The molecule has 142 valence electrons. The third-order valence-electron chi connectivity index (χ3n) is 4.47. The molecule has 2 aromatic rings. The van der Waals surface area contributed by atoms with Gasteiger partial charge in [-0.3, -0.25) is 9.59 Å². The third kappa shape index (κ3) is 4.11. The third-order valence-corrected chi connectivity index (χ3v) is 5.49. The van der Waals surface area contributed by atoms with E-state index in [-0.39, 0.29) is 11.2 Å². The lowest BCUT2D eigenvalue weighted by atomic mass is 9.76. The van der Waals surface area contributed by atoms with Gasteiger partial charge in [-0.05, 0) is 36.6 Å². The average Bonchev–Trinajstić information content (AvgIpc) is 2.94. The molecule has 0 fully saturated rings. The second-order valence-corrected chi connectivity index (χ2v) is 8.69. The van der Waals surface area contributed by atoms with E-state index < -0.39 is 5.97 Å². The molecule has 1 aromatic heterocycles. The van der Waals surface area contributed by atoms with Crippen LogP contribution in [0, 0.1) is 12.3 Å². The molecule has 1 aromatic carbocycles. The number of carbonyl (C=O) groups is 2. The van der Waals surface area contributed by atoms with Crippen LogP contribution in [0.4, 0.5) is 0 Å². The molecule has 0 N–H and O–H groups in total. The van der Waals surface area contributed by atoms with E-state index in [0.29, 0.717) is 29.9 Å². The number of hydrogen-bond acceptors (Lipinski definition) is 6. The van der Waals surface area contributed by atoms with Crippen LogP contribution in [0.5, 0.6) is 5.75 Å². The number of aromatic nitrogens is 1. The van der Waals surface area contributed by atoms with Gasteiger partial charge in [0.2, 0.25) is 0 Å². The summed E-state index contributed by atoms with van der Waals surface area (Å²) in [7, 11) is 1.62. The van der Waals surface area contributed by atoms with Crippen LogP contribution in [0.2, 0.25) is 0 Å². The number of methoxy groups -OCH3 is 1. The number of esters is 1. The maximum Gasteiger partial charge on any atom is 0.307 e. The number of nitrogens with zero attached hydrogens (tertiary/aromatic N) is 1. The van der Waals surface area contributed by atoms with Crippen LogP contribution in [-0.2, 0) is 14.3 Å². The first-order valence-electron chi connectivity index (χ1n) is 8.77. The number of rotatable bonds is 4. The number of carbonyl (C=O) groups excluding carboxylic acids is 2. The van der Waals surface area contributed by atoms with Crippen molar-refractivity contribution in [1.29, 1.82) is 0 Å². The minimum Gasteiger partial charge on any atom is -0.497 e. The number of hydrogen-bond donors (Lipinski definition) is 0. The van der Waals surface area contributed by atoms with Gasteiger partial charge in [0, 0.05) is 30.2 Å². The number of aryl methyl sites for hydroxylation is 1. The maximum absolute atomic E-state index is 12.9. The molecule has 27 heavy (non-hydrogen) atoms. The van der Waals surface area contributed by atoms with Gasteiger partial charge in [0.15, 0.2) is 5.78 Å². The smallest absolute Gasteiger partial charge is 0.307 e. The Bertz CT molecular complexity index is 922. The van der Waals surface area contributed by atoms with Gasteiger partial charge in [0.05, 0.1) is 18.4 Å². The van der Waals surface area contributed by atoms with E-state index in [1.807, 2.05) is 45.0 Å². The van der Waals surface area contributed by atoms with Crippen molar-refractivity contribution in [2.75, 3.05) is 7.11 Å². The van der Waals surface area contributed by atoms with Crippen LogP contribution < -0.4 is 4.74 Å². The molecule has 3 rings (SSSR count). The van der Waals surface area contributed by atoms with Crippen molar-refractivity contribution >= 4 is 28.7 Å². The van der Waals surface area contributed by atoms with Gasteiger partial charge in [0.1, 0.15) is 16.5 Å². The zero-order chi connectivity index (χ0) is 19.8. The Morgan fingerprint density at radius 1 is 1.19 bits per heavy atom. The summed E-state index contributed by atoms with van der Waals surface area (Å²) in [6.45, 7) is 7.29. The molecule has 0 saturated carbocycles. The summed E-state index contributed by atoms with van der Waals surface area (Å²) < 4.78 is 10.6. The molecule has 1 heterocycles. The monoisotopic (exact) mass is 385 g/mol. The molecule has 1 aliphatic rings. The van der Waals surface area contributed by atoms with Gasteiger partial charge in [-0.1, -0.05) is 13.8 Å². The van der Waals surface area contributed by atoms with Crippen LogP contribution in [0.15, 0.2) is 30.0 Å². The fourth-order valence-corrected chi connectivity index (χ4v) is 4.20. The number of benzene rings is 1. The first-order valence-corrected chi connectivity index (χ1v) is 9.59. The first kappa shape index (κ1) is 19.3. The standard InChI is InChI=1S/C21H23NO4S/c1-12-19(22-20(27-12)14-6-8-15(25-5)9-7-14)18-16(24)10-21(3,4)11-17(18)26-13(2)23/h6-9H,10-11H2,1-5H3. The highest BCUT2D eigenvalue weighted by Crippen LogP contribution is 2.43.